The van der Waals surface area contributed by atoms with E-state index >= 15 is 0 Å². The molecule has 0 fully saturated rings. The Morgan fingerprint density at radius 3 is 1.84 bits per heavy atom. The van der Waals surface area contributed by atoms with E-state index in [1.807, 2.05) is 46.2 Å². The van der Waals surface area contributed by atoms with E-state index in [-0.39, 0.29) is 24.1 Å². The largest absolute Gasteiger partial charge is 0.493 e. The van der Waals surface area contributed by atoms with E-state index in [1.54, 1.807) is 14.2 Å². The number of rotatable bonds is 14. The summed E-state index contributed by atoms with van der Waals surface area (Å²) in [6.45, 7) is 16.7. The van der Waals surface area contributed by atoms with Gasteiger partial charge in [0.05, 0.1) is 26.3 Å². The molecule has 4 amide bonds. The molecule has 13 heteroatoms. The molecule has 9 rings (SSSR count). The van der Waals surface area contributed by atoms with Crippen LogP contribution in [0.2, 0.25) is 0 Å². The lowest BCUT2D eigenvalue weighted by Crippen LogP contribution is -2.47. The van der Waals surface area contributed by atoms with E-state index in [2.05, 4.69) is 72.4 Å². The van der Waals surface area contributed by atoms with Crippen LogP contribution in [0.15, 0.2) is 60.7 Å². The minimum Gasteiger partial charge on any atom is -0.493 e. The predicted octanol–water partition coefficient (Wildman–Crippen LogP) is 8.87. The highest BCUT2D eigenvalue weighted by Gasteiger charge is 2.40. The van der Waals surface area contributed by atoms with Gasteiger partial charge in [0.2, 0.25) is 5.75 Å². The molecular formula is C50H64N6O7. The number of urea groups is 2. The summed E-state index contributed by atoms with van der Waals surface area (Å²) in [5.41, 5.74) is 6.07. The average molecular weight is 861 g/mol. The Morgan fingerprint density at radius 1 is 0.635 bits per heavy atom. The number of amides is 4. The van der Waals surface area contributed by atoms with E-state index in [1.165, 1.54) is 0 Å². The summed E-state index contributed by atoms with van der Waals surface area (Å²) in [6.07, 6.45) is 4.05. The highest BCUT2D eigenvalue weighted by atomic mass is 16.6. The van der Waals surface area contributed by atoms with E-state index in [0.29, 0.717) is 97.9 Å². The van der Waals surface area contributed by atoms with Gasteiger partial charge in [0.15, 0.2) is 34.5 Å². The highest BCUT2D eigenvalue weighted by molar-refractivity contribution is 5.77. The topological polar surface area (TPSA) is 117 Å². The first kappa shape index (κ1) is 44.0. The Balaban J connectivity index is 1.20. The van der Waals surface area contributed by atoms with Gasteiger partial charge in [-0.25, -0.2) is 9.59 Å². The average Bonchev–Trinajstić information content (AvgIpc) is 3.30. The van der Waals surface area contributed by atoms with Crippen LogP contribution in [0.4, 0.5) is 9.59 Å². The highest BCUT2D eigenvalue weighted by Crippen LogP contribution is 2.57. The van der Waals surface area contributed by atoms with E-state index in [0.717, 1.165) is 85.5 Å². The van der Waals surface area contributed by atoms with E-state index in [9.17, 15) is 9.59 Å². The molecule has 0 radical (unpaired) electrons. The minimum absolute atomic E-state index is 0.0919. The number of methoxy groups -OCH3 is 2. The van der Waals surface area contributed by atoms with E-state index in [4.69, 9.17) is 23.7 Å². The summed E-state index contributed by atoms with van der Waals surface area (Å²) >= 11 is 0. The molecule has 7 bridgehead atoms. The van der Waals surface area contributed by atoms with Gasteiger partial charge < -0.3 is 53.9 Å². The molecule has 4 aromatic rings. The Hall–Kier alpha value is -5.66. The van der Waals surface area contributed by atoms with Crippen molar-refractivity contribution in [3.8, 4) is 46.0 Å². The third-order valence-corrected chi connectivity index (χ3v) is 13.3. The number of hydrogen-bond donors (Lipinski definition) is 2. The molecule has 2 unspecified atom stereocenters. The molecule has 5 aliphatic rings. The quantitative estimate of drug-likeness (QED) is 0.106. The first-order valence-electron chi connectivity index (χ1n) is 23.0. The number of carbonyl (C=O) groups excluding carboxylic acids is 2. The molecule has 5 aliphatic heterocycles. The fourth-order valence-corrected chi connectivity index (χ4v) is 9.64. The van der Waals surface area contributed by atoms with Crippen molar-refractivity contribution in [2.75, 3.05) is 79.7 Å². The standard InChI is InChI=1S/C50H64N6O7/c1-7-53(8-2)23-11-21-51-49(57)55-25-19-35-30-43-44-32-38(35)39(55)28-34-15-18-41(59-5)42(29-34)61-37-16-13-33(14-17-37)27-40-46-36(31-45(60-6)47(62-43)48(46)63-44)20-26-56(40)50(58)52-22-12-24-54(9-3)10-4/h13-18,29-32,39-40H,7-12,19-28H2,1-6H3,(H,51,57)(H,52,58). The lowest BCUT2D eigenvalue weighted by molar-refractivity contribution is 0.165. The minimum atomic E-state index is -0.380. The van der Waals surface area contributed by atoms with Gasteiger partial charge in [0.1, 0.15) is 5.75 Å². The van der Waals surface area contributed by atoms with Gasteiger partial charge in [-0.3, -0.25) is 0 Å². The molecule has 0 aliphatic carbocycles. The van der Waals surface area contributed by atoms with Gasteiger partial charge >= 0.3 is 12.1 Å². The molecule has 0 saturated heterocycles. The van der Waals surface area contributed by atoms with Crippen molar-refractivity contribution < 1.29 is 33.3 Å². The monoisotopic (exact) mass is 860 g/mol. The Labute approximate surface area is 372 Å². The third-order valence-electron chi connectivity index (χ3n) is 13.3. The summed E-state index contributed by atoms with van der Waals surface area (Å²) in [5, 5.41) is 6.49. The van der Waals surface area contributed by atoms with E-state index < -0.39 is 0 Å². The number of hydrogen-bond acceptors (Lipinski definition) is 9. The summed E-state index contributed by atoms with van der Waals surface area (Å²) in [7, 11) is 3.29. The molecule has 2 N–H and O–H groups in total. The maximum atomic E-state index is 14.3. The molecule has 5 heterocycles. The molecule has 4 aromatic carbocycles. The van der Waals surface area contributed by atoms with Crippen molar-refractivity contribution >= 4 is 12.1 Å². The van der Waals surface area contributed by atoms with Crippen LogP contribution in [0.1, 0.15) is 86.0 Å². The summed E-state index contributed by atoms with van der Waals surface area (Å²) in [5.74, 6) is 4.64. The maximum absolute atomic E-state index is 14.3. The summed E-state index contributed by atoms with van der Waals surface area (Å²) in [4.78, 5) is 37.1. The number of nitrogens with one attached hydrogen (secondary N) is 2. The number of nitrogens with zero attached hydrogens (tertiary/aromatic N) is 4. The van der Waals surface area contributed by atoms with Crippen LogP contribution in [0.3, 0.4) is 0 Å². The Morgan fingerprint density at radius 2 is 1.21 bits per heavy atom. The second kappa shape index (κ2) is 19.8. The van der Waals surface area contributed by atoms with Crippen LogP contribution in [-0.2, 0) is 25.7 Å². The van der Waals surface area contributed by atoms with Gasteiger partial charge in [0, 0.05) is 31.7 Å². The fraction of sp³-hybridized carbons (Fsp3) is 0.480. The molecule has 0 aromatic heterocycles. The zero-order valence-electron chi connectivity index (χ0n) is 37.9. The molecule has 0 saturated carbocycles. The van der Waals surface area contributed by atoms with Crippen LogP contribution < -0.4 is 34.3 Å². The fourth-order valence-electron chi connectivity index (χ4n) is 9.64. The lowest BCUT2D eigenvalue weighted by Gasteiger charge is -2.40. The Bertz CT molecular complexity index is 2260. The zero-order valence-corrected chi connectivity index (χ0v) is 37.9. The molecule has 13 nitrogen and oxygen atoms in total. The van der Waals surface area contributed by atoms with Gasteiger partial charge in [-0.15, -0.1) is 0 Å². The lowest BCUT2D eigenvalue weighted by atomic mass is 9.86. The maximum Gasteiger partial charge on any atom is 0.317 e. The first-order valence-corrected chi connectivity index (χ1v) is 23.0. The van der Waals surface area contributed by atoms with Crippen molar-refractivity contribution in [1.82, 2.24) is 30.2 Å². The van der Waals surface area contributed by atoms with Gasteiger partial charge in [-0.1, -0.05) is 45.9 Å². The van der Waals surface area contributed by atoms with Crippen molar-refractivity contribution in [2.24, 2.45) is 0 Å². The zero-order chi connectivity index (χ0) is 44.0. The number of carbonyl (C=O) groups is 2. The molecule has 0 spiro atoms. The summed E-state index contributed by atoms with van der Waals surface area (Å²) < 4.78 is 32.2. The number of fused-ring (bicyclic) bond motifs is 2. The number of ether oxygens (including phenoxy) is 5. The second-order valence-corrected chi connectivity index (χ2v) is 16.8. The van der Waals surface area contributed by atoms with Gasteiger partial charge in [-0.2, -0.15) is 0 Å². The molecule has 336 valence electrons. The van der Waals surface area contributed by atoms with Crippen LogP contribution in [0.25, 0.3) is 0 Å². The molecular weight excluding hydrogens is 797 g/mol. The number of benzene rings is 4. The normalized spacial score (nSPS) is 17.1. The first-order chi connectivity index (χ1) is 30.7. The molecule has 2 atom stereocenters. The predicted molar refractivity (Wildman–Crippen MR) is 244 cm³/mol. The van der Waals surface area contributed by atoms with Crippen LogP contribution in [0.5, 0.6) is 46.0 Å². The van der Waals surface area contributed by atoms with Crippen molar-refractivity contribution in [3.63, 3.8) is 0 Å². The van der Waals surface area contributed by atoms with Gasteiger partial charge in [-0.05, 0) is 148 Å². The SMILES string of the molecule is CCN(CC)CCCNC(=O)N1CCc2cc3c4cc2C1Cc1ccc(OC)c(c1)Oc1ccc(cc1)CC1c2c(cc(OC)c(c2O4)O3)CCN1C(=O)NCCCN(CC)CC. The van der Waals surface area contributed by atoms with Crippen LogP contribution >= 0.6 is 0 Å². The van der Waals surface area contributed by atoms with Crippen LogP contribution in [-0.4, -0.2) is 111 Å². The van der Waals surface area contributed by atoms with Gasteiger partial charge in [0.25, 0.3) is 0 Å². The summed E-state index contributed by atoms with van der Waals surface area (Å²) in [6, 6.07) is 19.3. The third kappa shape index (κ3) is 9.36. The smallest absolute Gasteiger partial charge is 0.317 e. The van der Waals surface area contributed by atoms with Crippen molar-refractivity contribution in [1.29, 1.82) is 0 Å². The van der Waals surface area contributed by atoms with Crippen molar-refractivity contribution in [3.05, 3.63) is 94.0 Å². The molecule has 63 heavy (non-hydrogen) atoms. The second-order valence-electron chi connectivity index (χ2n) is 16.8. The van der Waals surface area contributed by atoms with Crippen molar-refractivity contribution in [2.45, 2.75) is 78.3 Å². The van der Waals surface area contributed by atoms with Crippen LogP contribution in [0, 0.1) is 0 Å². The Kier molecular flexibility index (Phi) is 13.8.